The van der Waals surface area contributed by atoms with Crippen LogP contribution in [0.3, 0.4) is 0 Å². The molecule has 0 fully saturated rings. The van der Waals surface area contributed by atoms with Gasteiger partial charge in [-0.15, -0.1) is 0 Å². The molecule has 4 nitrogen and oxygen atoms in total. The Kier molecular flexibility index (Phi) is 11.8. The Bertz CT molecular complexity index is 187. The molecule has 0 saturated carbocycles. The summed E-state index contributed by atoms with van der Waals surface area (Å²) >= 11 is 0. The largest absolute Gasteiger partial charge is 0.323 e. The van der Waals surface area contributed by atoms with Gasteiger partial charge in [0.05, 0.1) is 6.17 Å². The standard InChI is InChI=1S/C12H26N4/c1-2-3-4-5-6-7-8-9-10-11-12(13)15-16-14/h12H,2-11,13H2,1H3. The lowest BCUT2D eigenvalue weighted by atomic mass is 10.1. The Morgan fingerprint density at radius 3 is 2.00 bits per heavy atom. The van der Waals surface area contributed by atoms with Crippen LogP contribution in [0.2, 0.25) is 0 Å². The second kappa shape index (κ2) is 12.3. The second-order valence-corrected chi connectivity index (χ2v) is 4.39. The number of nitrogens with two attached hydrogens (primary N) is 1. The molecule has 0 aliphatic carbocycles. The lowest BCUT2D eigenvalue weighted by Gasteiger charge is -2.04. The first-order chi connectivity index (χ1) is 7.81. The molecule has 0 rings (SSSR count). The third-order valence-electron chi connectivity index (χ3n) is 2.80. The molecule has 0 amide bonds. The quantitative estimate of drug-likeness (QED) is 0.239. The molecule has 2 N–H and O–H groups in total. The minimum atomic E-state index is -0.324. The highest BCUT2D eigenvalue weighted by Gasteiger charge is 1.98. The number of rotatable bonds is 11. The van der Waals surface area contributed by atoms with Gasteiger partial charge >= 0.3 is 0 Å². The predicted molar refractivity (Wildman–Crippen MR) is 69.0 cm³/mol. The van der Waals surface area contributed by atoms with Crippen LogP contribution in [0.15, 0.2) is 5.11 Å². The average molecular weight is 226 g/mol. The number of unbranched alkanes of at least 4 members (excludes halogenated alkanes) is 8. The number of hydrogen-bond acceptors (Lipinski definition) is 2. The summed E-state index contributed by atoms with van der Waals surface area (Å²) in [4.78, 5) is 2.69. The van der Waals surface area contributed by atoms with Gasteiger partial charge in [0, 0.05) is 4.91 Å². The van der Waals surface area contributed by atoms with E-state index < -0.39 is 0 Å². The SMILES string of the molecule is CCCCCCCCCCCC(N)N=[N+]=[N-]. The topological polar surface area (TPSA) is 74.8 Å². The van der Waals surface area contributed by atoms with Gasteiger partial charge in [-0.2, -0.15) is 0 Å². The molecule has 0 aliphatic heterocycles. The van der Waals surface area contributed by atoms with Crippen LogP contribution in [0.5, 0.6) is 0 Å². The molecule has 4 heteroatoms. The van der Waals surface area contributed by atoms with E-state index in [2.05, 4.69) is 16.9 Å². The third-order valence-corrected chi connectivity index (χ3v) is 2.80. The van der Waals surface area contributed by atoms with Crippen molar-refractivity contribution in [3.63, 3.8) is 0 Å². The van der Waals surface area contributed by atoms with E-state index in [1.165, 1.54) is 51.4 Å². The first-order valence-corrected chi connectivity index (χ1v) is 6.61. The first-order valence-electron chi connectivity index (χ1n) is 6.61. The van der Waals surface area contributed by atoms with Gasteiger partial charge in [-0.1, -0.05) is 69.8 Å². The van der Waals surface area contributed by atoms with Crippen LogP contribution in [0, 0.1) is 0 Å². The van der Waals surface area contributed by atoms with Crippen molar-refractivity contribution in [1.29, 1.82) is 0 Å². The smallest absolute Gasteiger partial charge is 0.0836 e. The Balaban J connectivity index is 3.06. The van der Waals surface area contributed by atoms with Crippen molar-refractivity contribution in [3.8, 4) is 0 Å². The Morgan fingerprint density at radius 2 is 1.50 bits per heavy atom. The van der Waals surface area contributed by atoms with Gasteiger partial charge in [0.2, 0.25) is 0 Å². The predicted octanol–water partition coefficient (Wildman–Crippen LogP) is 4.50. The van der Waals surface area contributed by atoms with E-state index >= 15 is 0 Å². The van der Waals surface area contributed by atoms with Crippen molar-refractivity contribution in [1.82, 2.24) is 0 Å². The van der Waals surface area contributed by atoms with E-state index in [1.54, 1.807) is 0 Å². The minimum Gasteiger partial charge on any atom is -0.323 e. The molecule has 0 aliphatic rings. The molecule has 16 heavy (non-hydrogen) atoms. The van der Waals surface area contributed by atoms with Gasteiger partial charge < -0.3 is 5.73 Å². The van der Waals surface area contributed by atoms with Gasteiger partial charge in [-0.05, 0) is 12.0 Å². The van der Waals surface area contributed by atoms with Crippen LogP contribution in [-0.4, -0.2) is 6.17 Å². The summed E-state index contributed by atoms with van der Waals surface area (Å²) < 4.78 is 0. The first kappa shape index (κ1) is 15.3. The highest BCUT2D eigenvalue weighted by Crippen LogP contribution is 2.11. The Morgan fingerprint density at radius 1 is 1.00 bits per heavy atom. The second-order valence-electron chi connectivity index (χ2n) is 4.39. The zero-order valence-electron chi connectivity index (χ0n) is 10.6. The van der Waals surface area contributed by atoms with Crippen molar-refractivity contribution in [2.75, 3.05) is 0 Å². The summed E-state index contributed by atoms with van der Waals surface area (Å²) in [5.74, 6) is 0. The number of hydrogen-bond donors (Lipinski definition) is 1. The number of nitrogens with zero attached hydrogens (tertiary/aromatic N) is 3. The monoisotopic (exact) mass is 226 g/mol. The van der Waals surface area contributed by atoms with Gasteiger partial charge in [0.1, 0.15) is 0 Å². The van der Waals surface area contributed by atoms with Crippen LogP contribution in [0.4, 0.5) is 0 Å². The zero-order valence-corrected chi connectivity index (χ0v) is 10.6. The van der Waals surface area contributed by atoms with Gasteiger partial charge in [0.15, 0.2) is 0 Å². The van der Waals surface area contributed by atoms with E-state index in [4.69, 9.17) is 11.3 Å². The summed E-state index contributed by atoms with van der Waals surface area (Å²) in [6, 6.07) is 0. The Labute approximate surface area is 99.2 Å². The number of azide groups is 1. The molecule has 0 aromatic rings. The lowest BCUT2D eigenvalue weighted by Crippen LogP contribution is -2.15. The van der Waals surface area contributed by atoms with E-state index in [0.29, 0.717) is 0 Å². The van der Waals surface area contributed by atoms with Crippen LogP contribution in [0.1, 0.15) is 71.1 Å². The Hall–Kier alpha value is -0.730. The molecule has 0 bridgehead atoms. The van der Waals surface area contributed by atoms with Crippen LogP contribution >= 0.6 is 0 Å². The normalized spacial score (nSPS) is 12.1. The summed E-state index contributed by atoms with van der Waals surface area (Å²) in [7, 11) is 0. The zero-order chi connectivity index (χ0) is 12.1. The third kappa shape index (κ3) is 11.3. The minimum absolute atomic E-state index is 0.324. The fraction of sp³-hybridized carbons (Fsp3) is 1.00. The van der Waals surface area contributed by atoms with Gasteiger partial charge in [0.25, 0.3) is 0 Å². The molecular weight excluding hydrogens is 200 g/mol. The van der Waals surface area contributed by atoms with Crippen LogP contribution in [-0.2, 0) is 0 Å². The van der Waals surface area contributed by atoms with Crippen LogP contribution in [0.25, 0.3) is 10.4 Å². The molecule has 1 unspecified atom stereocenters. The van der Waals surface area contributed by atoms with Crippen molar-refractivity contribution >= 4 is 0 Å². The van der Waals surface area contributed by atoms with Crippen molar-refractivity contribution in [2.24, 2.45) is 10.8 Å². The van der Waals surface area contributed by atoms with Gasteiger partial charge in [-0.3, -0.25) is 0 Å². The summed E-state index contributed by atoms with van der Waals surface area (Å²) in [5.41, 5.74) is 13.7. The van der Waals surface area contributed by atoms with Crippen molar-refractivity contribution in [2.45, 2.75) is 77.3 Å². The molecule has 0 aromatic heterocycles. The van der Waals surface area contributed by atoms with E-state index in [9.17, 15) is 0 Å². The average Bonchev–Trinajstić information content (AvgIpc) is 2.27. The van der Waals surface area contributed by atoms with Crippen molar-refractivity contribution in [3.05, 3.63) is 10.4 Å². The molecule has 1 atom stereocenters. The molecule has 94 valence electrons. The van der Waals surface area contributed by atoms with E-state index in [0.717, 1.165) is 12.8 Å². The highest BCUT2D eigenvalue weighted by atomic mass is 15.2. The van der Waals surface area contributed by atoms with Crippen molar-refractivity contribution < 1.29 is 0 Å². The summed E-state index contributed by atoms with van der Waals surface area (Å²) in [5, 5.41) is 3.45. The fourth-order valence-corrected chi connectivity index (χ4v) is 1.79. The molecular formula is C12H26N4. The highest BCUT2D eigenvalue weighted by molar-refractivity contribution is 4.58. The molecule has 0 spiro atoms. The van der Waals surface area contributed by atoms with Crippen LogP contribution < -0.4 is 5.73 Å². The fourth-order valence-electron chi connectivity index (χ4n) is 1.79. The molecule has 0 heterocycles. The van der Waals surface area contributed by atoms with Gasteiger partial charge in [-0.25, -0.2) is 0 Å². The maximum absolute atomic E-state index is 8.16. The maximum Gasteiger partial charge on any atom is 0.0836 e. The van der Waals surface area contributed by atoms with E-state index in [-0.39, 0.29) is 6.17 Å². The lowest BCUT2D eigenvalue weighted by molar-refractivity contribution is 0.529. The summed E-state index contributed by atoms with van der Waals surface area (Å²) in [6.07, 6.45) is 12.2. The maximum atomic E-state index is 8.16. The molecule has 0 saturated heterocycles. The molecule has 0 aromatic carbocycles. The molecule has 0 radical (unpaired) electrons. The van der Waals surface area contributed by atoms with E-state index in [1.807, 2.05) is 0 Å². The summed E-state index contributed by atoms with van der Waals surface area (Å²) in [6.45, 7) is 2.24.